The first-order valence-corrected chi connectivity index (χ1v) is 6.07. The Balaban J connectivity index is 0.00000108. The predicted octanol–water partition coefficient (Wildman–Crippen LogP) is 2.75. The van der Waals surface area contributed by atoms with Gasteiger partial charge in [0, 0.05) is 23.7 Å². The largest absolute Gasteiger partial charge is 0.507 e. The van der Waals surface area contributed by atoms with Crippen molar-refractivity contribution in [1.29, 1.82) is 0 Å². The van der Waals surface area contributed by atoms with Gasteiger partial charge < -0.3 is 10.8 Å². The Kier molecular flexibility index (Phi) is 3.38. The summed E-state index contributed by atoms with van der Waals surface area (Å²) >= 11 is 1.62. The van der Waals surface area contributed by atoms with E-state index in [1.807, 2.05) is 24.4 Å². The van der Waals surface area contributed by atoms with Crippen LogP contribution in [0.25, 0.3) is 10.4 Å². The minimum Gasteiger partial charge on any atom is -0.507 e. The van der Waals surface area contributed by atoms with E-state index in [1.165, 1.54) is 0 Å². The molecule has 90 valence electrons. The maximum atomic E-state index is 9.73. The number of hydrogen-bond donors (Lipinski definition) is 2. The molecule has 3 rings (SSSR count). The lowest BCUT2D eigenvalue weighted by Crippen LogP contribution is -2.00. The molecule has 0 spiro atoms. The van der Waals surface area contributed by atoms with Gasteiger partial charge in [-0.2, -0.15) is 0 Å². The van der Waals surface area contributed by atoms with Crippen molar-refractivity contribution in [3.63, 3.8) is 0 Å². The summed E-state index contributed by atoms with van der Waals surface area (Å²) in [4.78, 5) is 5.38. The number of halogens is 1. The third kappa shape index (κ3) is 2.29. The zero-order valence-corrected chi connectivity index (χ0v) is 10.7. The van der Waals surface area contributed by atoms with Crippen LogP contribution in [0, 0.1) is 0 Å². The zero-order chi connectivity index (χ0) is 11.1. The van der Waals surface area contributed by atoms with Crippen molar-refractivity contribution < 1.29 is 5.11 Å². The Hall–Kier alpha value is -1.10. The number of benzene rings is 1. The lowest BCUT2D eigenvalue weighted by molar-refractivity contribution is 0.477. The molecule has 0 bridgehead atoms. The second-order valence-corrected chi connectivity index (χ2v) is 5.15. The van der Waals surface area contributed by atoms with Gasteiger partial charge >= 0.3 is 0 Å². The lowest BCUT2D eigenvalue weighted by atomic mass is 10.2. The van der Waals surface area contributed by atoms with Gasteiger partial charge in [0.2, 0.25) is 0 Å². The molecule has 0 saturated heterocycles. The summed E-state index contributed by atoms with van der Waals surface area (Å²) in [6.45, 7) is 0. The number of phenolic OH excluding ortho intramolecular Hbond substituents is 1. The van der Waals surface area contributed by atoms with Gasteiger partial charge in [-0.15, -0.1) is 23.7 Å². The summed E-state index contributed by atoms with van der Waals surface area (Å²) in [5.41, 5.74) is 6.64. The fourth-order valence-electron chi connectivity index (χ4n) is 1.76. The highest BCUT2D eigenvalue weighted by Crippen LogP contribution is 2.43. The number of thiazole rings is 1. The van der Waals surface area contributed by atoms with Crippen molar-refractivity contribution in [2.45, 2.75) is 18.4 Å². The molecule has 1 fully saturated rings. The van der Waals surface area contributed by atoms with E-state index >= 15 is 0 Å². The van der Waals surface area contributed by atoms with Crippen LogP contribution in [0.1, 0.15) is 17.3 Å². The third-order valence-corrected chi connectivity index (χ3v) is 4.01. The Labute approximate surface area is 110 Å². The Morgan fingerprint density at radius 3 is 2.71 bits per heavy atom. The summed E-state index contributed by atoms with van der Waals surface area (Å²) in [5.74, 6) is 0.738. The first kappa shape index (κ1) is 12.4. The molecule has 0 amide bonds. The molecular formula is C12H13ClN2OS. The summed E-state index contributed by atoms with van der Waals surface area (Å²) in [6, 6.07) is 7.61. The van der Waals surface area contributed by atoms with E-state index in [9.17, 15) is 5.11 Å². The lowest BCUT2D eigenvalue weighted by Gasteiger charge is -1.99. The molecule has 2 aromatic rings. The van der Waals surface area contributed by atoms with Gasteiger partial charge in [-0.05, 0) is 18.6 Å². The highest BCUT2D eigenvalue weighted by Gasteiger charge is 2.37. The molecular weight excluding hydrogens is 256 g/mol. The SMILES string of the molecule is Cl.N[C@H]1C[C@@H]1c1ncc(-c2ccccc2O)s1. The van der Waals surface area contributed by atoms with Crippen LogP contribution in [0.2, 0.25) is 0 Å². The number of nitrogens with zero attached hydrogens (tertiary/aromatic N) is 1. The monoisotopic (exact) mass is 268 g/mol. The average Bonchev–Trinajstić information content (AvgIpc) is 2.82. The van der Waals surface area contributed by atoms with Crippen molar-refractivity contribution in [1.82, 2.24) is 4.98 Å². The molecule has 1 aliphatic rings. The highest BCUT2D eigenvalue weighted by molar-refractivity contribution is 7.15. The van der Waals surface area contributed by atoms with E-state index in [0.29, 0.717) is 11.7 Å². The molecule has 0 radical (unpaired) electrons. The van der Waals surface area contributed by atoms with E-state index in [1.54, 1.807) is 17.4 Å². The quantitative estimate of drug-likeness (QED) is 0.880. The minimum atomic E-state index is 0. The van der Waals surface area contributed by atoms with Crippen LogP contribution in [0.5, 0.6) is 5.75 Å². The molecule has 3 N–H and O–H groups in total. The minimum absolute atomic E-state index is 0. The van der Waals surface area contributed by atoms with Gasteiger partial charge in [0.1, 0.15) is 5.75 Å². The Morgan fingerprint density at radius 2 is 2.06 bits per heavy atom. The molecule has 0 unspecified atom stereocenters. The van der Waals surface area contributed by atoms with Crippen molar-refractivity contribution >= 4 is 23.7 Å². The molecule has 2 atom stereocenters. The third-order valence-electron chi connectivity index (χ3n) is 2.85. The molecule has 5 heteroatoms. The van der Waals surface area contributed by atoms with E-state index in [-0.39, 0.29) is 18.4 Å². The molecule has 0 aliphatic heterocycles. The van der Waals surface area contributed by atoms with Crippen molar-refractivity contribution in [3.05, 3.63) is 35.5 Å². The number of aromatic nitrogens is 1. The van der Waals surface area contributed by atoms with Gasteiger partial charge in [-0.25, -0.2) is 4.98 Å². The summed E-state index contributed by atoms with van der Waals surface area (Å²) in [6.07, 6.45) is 2.85. The number of hydrogen-bond acceptors (Lipinski definition) is 4. The van der Waals surface area contributed by atoms with Gasteiger partial charge in [0.05, 0.1) is 9.88 Å². The van der Waals surface area contributed by atoms with Gasteiger partial charge in [-0.1, -0.05) is 12.1 Å². The van der Waals surface area contributed by atoms with Gasteiger partial charge in [0.15, 0.2) is 0 Å². The van der Waals surface area contributed by atoms with E-state index < -0.39 is 0 Å². The fourth-order valence-corrected chi connectivity index (χ4v) is 2.91. The van der Waals surface area contributed by atoms with Crippen LogP contribution in [-0.2, 0) is 0 Å². The number of nitrogens with two attached hydrogens (primary N) is 1. The normalized spacial score (nSPS) is 21.9. The Bertz CT molecular complexity index is 529. The second kappa shape index (κ2) is 4.64. The van der Waals surface area contributed by atoms with E-state index in [2.05, 4.69) is 4.98 Å². The van der Waals surface area contributed by atoms with Crippen molar-refractivity contribution in [3.8, 4) is 16.2 Å². The topological polar surface area (TPSA) is 59.1 Å². The van der Waals surface area contributed by atoms with E-state index in [4.69, 9.17) is 5.73 Å². The smallest absolute Gasteiger partial charge is 0.124 e. The highest BCUT2D eigenvalue weighted by atomic mass is 35.5. The van der Waals surface area contributed by atoms with Crippen LogP contribution < -0.4 is 5.73 Å². The van der Waals surface area contributed by atoms with Crippen LogP contribution in [0.4, 0.5) is 0 Å². The first-order valence-electron chi connectivity index (χ1n) is 5.25. The van der Waals surface area contributed by atoms with Crippen molar-refractivity contribution in [2.75, 3.05) is 0 Å². The second-order valence-electron chi connectivity index (χ2n) is 4.09. The Morgan fingerprint density at radius 1 is 1.35 bits per heavy atom. The predicted molar refractivity (Wildman–Crippen MR) is 71.8 cm³/mol. The first-order chi connectivity index (χ1) is 7.75. The fraction of sp³-hybridized carbons (Fsp3) is 0.250. The molecule has 1 aliphatic carbocycles. The van der Waals surface area contributed by atoms with Crippen LogP contribution in [0.3, 0.4) is 0 Å². The maximum absolute atomic E-state index is 9.73. The number of aromatic hydroxyl groups is 1. The molecule has 1 saturated carbocycles. The number of phenols is 1. The molecule has 3 nitrogen and oxygen atoms in total. The standard InChI is InChI=1S/C12H12N2OS.ClH/c13-9-5-8(9)12-14-6-11(16-12)7-3-1-2-4-10(7)15;/h1-4,6,8-9,15H,5,13H2;1H/t8-,9-;/m0./s1. The molecule has 17 heavy (non-hydrogen) atoms. The van der Waals surface area contributed by atoms with Crippen LogP contribution in [-0.4, -0.2) is 16.1 Å². The number of para-hydroxylation sites is 1. The van der Waals surface area contributed by atoms with Crippen LogP contribution >= 0.6 is 23.7 Å². The average molecular weight is 269 g/mol. The summed E-state index contributed by atoms with van der Waals surface area (Å²) < 4.78 is 0. The van der Waals surface area contributed by atoms with Gasteiger partial charge in [0.25, 0.3) is 0 Å². The van der Waals surface area contributed by atoms with Gasteiger partial charge in [-0.3, -0.25) is 0 Å². The molecule has 1 aromatic heterocycles. The zero-order valence-electron chi connectivity index (χ0n) is 9.04. The maximum Gasteiger partial charge on any atom is 0.124 e. The van der Waals surface area contributed by atoms with Crippen LogP contribution in [0.15, 0.2) is 30.5 Å². The molecule has 1 aromatic carbocycles. The van der Waals surface area contributed by atoms with E-state index in [0.717, 1.165) is 21.9 Å². The summed E-state index contributed by atoms with van der Waals surface area (Å²) in [7, 11) is 0. The summed E-state index contributed by atoms with van der Waals surface area (Å²) in [5, 5.41) is 10.8. The number of rotatable bonds is 2. The molecule has 1 heterocycles. The van der Waals surface area contributed by atoms with Crippen molar-refractivity contribution in [2.24, 2.45) is 5.73 Å².